The van der Waals surface area contributed by atoms with Crippen LogP contribution in [0.5, 0.6) is 0 Å². The number of alkyl halides is 1. The average molecular weight is 218 g/mol. The molecule has 2 aliphatic heterocycles. The van der Waals surface area contributed by atoms with Crippen molar-refractivity contribution in [3.8, 4) is 0 Å². The minimum atomic E-state index is 0.626. The first-order chi connectivity index (χ1) is 6.85. The molecule has 0 atom stereocenters. The summed E-state index contributed by atoms with van der Waals surface area (Å²) in [6.07, 6.45) is 5.27. The van der Waals surface area contributed by atoms with Crippen LogP contribution in [0.3, 0.4) is 0 Å². The summed E-state index contributed by atoms with van der Waals surface area (Å²) in [5.74, 6) is 0.774. The van der Waals surface area contributed by atoms with Crippen molar-refractivity contribution in [2.75, 3.05) is 38.7 Å². The highest BCUT2D eigenvalue weighted by Gasteiger charge is 2.35. The maximum absolute atomic E-state index is 5.75. The van der Waals surface area contributed by atoms with Crippen LogP contribution in [0.1, 0.15) is 25.7 Å². The summed E-state index contributed by atoms with van der Waals surface area (Å²) in [5.41, 5.74) is 0.626. The van der Waals surface area contributed by atoms with E-state index < -0.39 is 0 Å². The van der Waals surface area contributed by atoms with E-state index in [9.17, 15) is 0 Å². The van der Waals surface area contributed by atoms with Crippen molar-refractivity contribution in [1.82, 2.24) is 4.90 Å². The average Bonchev–Trinajstić information content (AvgIpc) is 2.24. The lowest BCUT2D eigenvalue weighted by molar-refractivity contribution is -0.0195. The molecule has 0 aromatic rings. The second-order valence-electron chi connectivity index (χ2n) is 4.64. The first kappa shape index (κ1) is 10.7. The van der Waals surface area contributed by atoms with E-state index in [-0.39, 0.29) is 0 Å². The van der Waals surface area contributed by atoms with Crippen LogP contribution in [0.2, 0.25) is 0 Å². The molecule has 0 N–H and O–H groups in total. The molecule has 0 bridgehead atoms. The van der Waals surface area contributed by atoms with Crippen molar-refractivity contribution < 1.29 is 4.74 Å². The molecule has 2 rings (SSSR count). The maximum atomic E-state index is 5.75. The van der Waals surface area contributed by atoms with Crippen molar-refractivity contribution in [3.63, 3.8) is 0 Å². The number of likely N-dealkylation sites (tertiary alicyclic amines) is 1. The molecule has 2 heterocycles. The van der Waals surface area contributed by atoms with Crippen LogP contribution in [0.4, 0.5) is 0 Å². The Kier molecular flexibility index (Phi) is 3.69. The first-order valence-electron chi connectivity index (χ1n) is 5.71. The molecule has 0 radical (unpaired) electrons. The Bertz CT molecular complexity index is 170. The molecule has 0 aliphatic carbocycles. The smallest absolute Gasteiger partial charge is 0.0471 e. The predicted octanol–water partition coefficient (Wildman–Crippen LogP) is 2.12. The fraction of sp³-hybridized carbons (Fsp3) is 1.00. The third-order valence-corrected chi connectivity index (χ3v) is 4.04. The molecule has 0 aromatic carbocycles. The molecule has 2 saturated heterocycles. The van der Waals surface area contributed by atoms with Gasteiger partial charge in [0.05, 0.1) is 0 Å². The van der Waals surface area contributed by atoms with Gasteiger partial charge >= 0.3 is 0 Å². The van der Waals surface area contributed by atoms with Gasteiger partial charge < -0.3 is 9.64 Å². The van der Waals surface area contributed by atoms with Crippen LogP contribution in [0.25, 0.3) is 0 Å². The van der Waals surface area contributed by atoms with Crippen molar-refractivity contribution in [2.24, 2.45) is 5.41 Å². The molecule has 1 spiro atoms. The van der Waals surface area contributed by atoms with Gasteiger partial charge in [0.15, 0.2) is 0 Å². The van der Waals surface area contributed by atoms with Crippen LogP contribution >= 0.6 is 11.6 Å². The van der Waals surface area contributed by atoms with Gasteiger partial charge in [-0.3, -0.25) is 0 Å². The van der Waals surface area contributed by atoms with Crippen LogP contribution < -0.4 is 0 Å². The lowest BCUT2D eigenvalue weighted by atomic mass is 9.72. The van der Waals surface area contributed by atoms with Crippen LogP contribution in [0, 0.1) is 5.41 Å². The van der Waals surface area contributed by atoms with Gasteiger partial charge in [0.1, 0.15) is 0 Å². The quantitative estimate of drug-likeness (QED) is 0.657. The highest BCUT2D eigenvalue weighted by molar-refractivity contribution is 6.18. The van der Waals surface area contributed by atoms with Gasteiger partial charge in [0, 0.05) is 25.6 Å². The fourth-order valence-electron chi connectivity index (χ4n) is 2.67. The number of nitrogens with zero attached hydrogens (tertiary/aromatic N) is 1. The topological polar surface area (TPSA) is 12.5 Å². The van der Waals surface area contributed by atoms with E-state index in [0.717, 1.165) is 25.6 Å². The van der Waals surface area contributed by atoms with Gasteiger partial charge in [-0.05, 0) is 44.2 Å². The summed E-state index contributed by atoms with van der Waals surface area (Å²) >= 11 is 5.75. The maximum Gasteiger partial charge on any atom is 0.0471 e. The Morgan fingerprint density at radius 2 is 1.71 bits per heavy atom. The molecule has 82 valence electrons. The minimum Gasteiger partial charge on any atom is -0.381 e. The zero-order valence-corrected chi connectivity index (χ0v) is 9.56. The van der Waals surface area contributed by atoms with Crippen LogP contribution in [0.15, 0.2) is 0 Å². The first-order valence-corrected chi connectivity index (χ1v) is 6.24. The second kappa shape index (κ2) is 4.82. The van der Waals surface area contributed by atoms with Crippen molar-refractivity contribution in [1.29, 1.82) is 0 Å². The number of hydrogen-bond acceptors (Lipinski definition) is 2. The molecule has 2 nitrogen and oxygen atoms in total. The normalized spacial score (nSPS) is 28.1. The molecular formula is C11H20ClNO. The highest BCUT2D eigenvalue weighted by Crippen LogP contribution is 2.40. The molecule has 0 aromatic heterocycles. The van der Waals surface area contributed by atoms with E-state index in [4.69, 9.17) is 16.3 Å². The third kappa shape index (κ3) is 2.41. The molecule has 3 heteroatoms. The zero-order chi connectivity index (χ0) is 9.86. The van der Waals surface area contributed by atoms with E-state index in [1.54, 1.807) is 0 Å². The number of piperidine rings is 1. The summed E-state index contributed by atoms with van der Waals surface area (Å²) in [7, 11) is 0. The van der Waals surface area contributed by atoms with Gasteiger partial charge in [-0.25, -0.2) is 0 Å². The van der Waals surface area contributed by atoms with E-state index in [0.29, 0.717) is 5.41 Å². The molecule has 0 unspecified atom stereocenters. The van der Waals surface area contributed by atoms with E-state index in [2.05, 4.69) is 4.90 Å². The molecule has 0 saturated carbocycles. The van der Waals surface area contributed by atoms with E-state index in [1.807, 2.05) is 0 Å². The standard InChI is InChI=1S/C11H20ClNO/c12-5-8-13-6-1-11(2-7-13)3-9-14-10-4-11/h1-10H2. The Morgan fingerprint density at radius 3 is 2.29 bits per heavy atom. The Hall–Kier alpha value is 0.210. The molecule has 2 aliphatic rings. The van der Waals surface area contributed by atoms with Crippen molar-refractivity contribution >= 4 is 11.6 Å². The van der Waals surface area contributed by atoms with Gasteiger partial charge in [-0.1, -0.05) is 0 Å². The van der Waals surface area contributed by atoms with Crippen LogP contribution in [-0.4, -0.2) is 43.6 Å². The number of halogens is 1. The zero-order valence-electron chi connectivity index (χ0n) is 8.80. The Balaban J connectivity index is 1.81. The van der Waals surface area contributed by atoms with Crippen molar-refractivity contribution in [3.05, 3.63) is 0 Å². The SMILES string of the molecule is ClCCN1CCC2(CCOCC2)CC1. The third-order valence-electron chi connectivity index (χ3n) is 3.87. The molecule has 0 amide bonds. The van der Waals surface area contributed by atoms with Gasteiger partial charge in [0.2, 0.25) is 0 Å². The van der Waals surface area contributed by atoms with Gasteiger partial charge in [-0.15, -0.1) is 11.6 Å². The van der Waals surface area contributed by atoms with E-state index in [1.165, 1.54) is 38.8 Å². The van der Waals surface area contributed by atoms with Crippen LogP contribution in [-0.2, 0) is 4.74 Å². The minimum absolute atomic E-state index is 0.626. The molecular weight excluding hydrogens is 198 g/mol. The highest BCUT2D eigenvalue weighted by atomic mass is 35.5. The summed E-state index contributed by atoms with van der Waals surface area (Å²) in [5, 5.41) is 0. The summed E-state index contributed by atoms with van der Waals surface area (Å²) in [6.45, 7) is 5.51. The second-order valence-corrected chi connectivity index (χ2v) is 5.02. The molecule has 14 heavy (non-hydrogen) atoms. The summed E-state index contributed by atoms with van der Waals surface area (Å²) < 4.78 is 5.44. The Labute approximate surface area is 91.6 Å². The summed E-state index contributed by atoms with van der Waals surface area (Å²) in [6, 6.07) is 0. The predicted molar refractivity (Wildman–Crippen MR) is 58.9 cm³/mol. The van der Waals surface area contributed by atoms with Gasteiger partial charge in [0.25, 0.3) is 0 Å². The lowest BCUT2D eigenvalue weighted by Gasteiger charge is -2.44. The molecule has 2 fully saturated rings. The summed E-state index contributed by atoms with van der Waals surface area (Å²) in [4.78, 5) is 2.49. The lowest BCUT2D eigenvalue weighted by Crippen LogP contribution is -2.43. The van der Waals surface area contributed by atoms with Crippen molar-refractivity contribution in [2.45, 2.75) is 25.7 Å². The largest absolute Gasteiger partial charge is 0.381 e. The number of rotatable bonds is 2. The fourth-order valence-corrected chi connectivity index (χ4v) is 2.91. The van der Waals surface area contributed by atoms with E-state index >= 15 is 0 Å². The Morgan fingerprint density at radius 1 is 1.07 bits per heavy atom. The monoisotopic (exact) mass is 217 g/mol. The number of hydrogen-bond donors (Lipinski definition) is 0. The van der Waals surface area contributed by atoms with Gasteiger partial charge in [-0.2, -0.15) is 0 Å². The number of ether oxygens (including phenoxy) is 1.